The fourth-order valence-corrected chi connectivity index (χ4v) is 2.14. The van der Waals surface area contributed by atoms with Crippen molar-refractivity contribution in [2.24, 2.45) is 4.99 Å². The molecule has 2 rings (SSSR count). The summed E-state index contributed by atoms with van der Waals surface area (Å²) in [5.74, 6) is -0.551. The van der Waals surface area contributed by atoms with Crippen LogP contribution >= 0.6 is 0 Å². The van der Waals surface area contributed by atoms with Gasteiger partial charge >= 0.3 is 6.11 Å². The Hall–Kier alpha value is -2.82. The standard InChI is InChI=1S/C17H19F4N5O2/c1-5-27-17(20,21)16-25-24-11(3)26(16)9-13(22-4)12-6-7-14(23-8-12)28-10(2)15(18)19/h6-10,15H,4-5H2,1-3H3/b13-9-/t10-/m1/s1. The maximum Gasteiger partial charge on any atom is 0.418 e. The highest BCUT2D eigenvalue weighted by atomic mass is 19.3. The van der Waals surface area contributed by atoms with Gasteiger partial charge in [0.1, 0.15) is 5.82 Å². The Bertz CT molecular complexity index is 837. The molecule has 152 valence electrons. The Labute approximate surface area is 158 Å². The first-order valence-corrected chi connectivity index (χ1v) is 8.23. The summed E-state index contributed by atoms with van der Waals surface area (Å²) in [4.78, 5) is 7.74. The highest BCUT2D eigenvalue weighted by Gasteiger charge is 2.39. The predicted octanol–water partition coefficient (Wildman–Crippen LogP) is 3.76. The highest BCUT2D eigenvalue weighted by Crippen LogP contribution is 2.29. The van der Waals surface area contributed by atoms with Crippen molar-refractivity contribution in [2.75, 3.05) is 6.61 Å². The molecule has 0 radical (unpaired) electrons. The second-order valence-corrected chi connectivity index (χ2v) is 5.61. The summed E-state index contributed by atoms with van der Waals surface area (Å²) < 4.78 is 63.8. The number of hydrogen-bond acceptors (Lipinski definition) is 6. The molecule has 0 fully saturated rings. The van der Waals surface area contributed by atoms with Crippen molar-refractivity contribution < 1.29 is 27.0 Å². The molecule has 1 atom stereocenters. The molecule has 0 aliphatic carbocycles. The van der Waals surface area contributed by atoms with E-state index in [1.807, 2.05) is 0 Å². The van der Waals surface area contributed by atoms with Crippen LogP contribution in [0.15, 0.2) is 23.3 Å². The molecule has 0 saturated heterocycles. The van der Waals surface area contributed by atoms with Gasteiger partial charge in [-0.3, -0.25) is 9.56 Å². The molecule has 0 amide bonds. The third-order valence-corrected chi connectivity index (χ3v) is 3.57. The van der Waals surface area contributed by atoms with Gasteiger partial charge in [0.25, 0.3) is 6.43 Å². The first-order valence-electron chi connectivity index (χ1n) is 8.23. The number of aromatic nitrogens is 4. The molecule has 0 aliphatic rings. The number of aliphatic imine (C=N–C) groups is 1. The van der Waals surface area contributed by atoms with Crippen LogP contribution in [0.25, 0.3) is 11.9 Å². The number of aryl methyl sites for hydroxylation is 1. The van der Waals surface area contributed by atoms with Gasteiger partial charge in [0.05, 0.1) is 12.3 Å². The molecular formula is C17H19F4N5O2. The Morgan fingerprint density at radius 3 is 2.61 bits per heavy atom. The van der Waals surface area contributed by atoms with E-state index in [1.165, 1.54) is 45.3 Å². The fourth-order valence-electron chi connectivity index (χ4n) is 2.14. The molecule has 2 aromatic heterocycles. The van der Waals surface area contributed by atoms with E-state index in [1.54, 1.807) is 0 Å². The molecule has 2 aromatic rings. The van der Waals surface area contributed by atoms with Gasteiger partial charge in [0, 0.05) is 24.0 Å². The van der Waals surface area contributed by atoms with Crippen molar-refractivity contribution in [1.29, 1.82) is 0 Å². The van der Waals surface area contributed by atoms with E-state index >= 15 is 0 Å². The minimum Gasteiger partial charge on any atom is -0.469 e. The molecule has 2 heterocycles. The number of pyridine rings is 1. The second kappa shape index (κ2) is 8.91. The SMILES string of the molecule is C=N/C(=C\n1c(C)nnc1C(F)(F)OCC)c1ccc(O[C@H](C)C(F)F)nc1. The zero-order chi connectivity index (χ0) is 20.9. The van der Waals surface area contributed by atoms with Crippen LogP contribution in [-0.2, 0) is 10.8 Å². The maximum atomic E-state index is 14.1. The van der Waals surface area contributed by atoms with Crippen molar-refractivity contribution in [2.45, 2.75) is 39.4 Å². The zero-order valence-corrected chi connectivity index (χ0v) is 15.4. The summed E-state index contributed by atoms with van der Waals surface area (Å²) in [6.07, 6.45) is -5.08. The number of hydrogen-bond donors (Lipinski definition) is 0. The predicted molar refractivity (Wildman–Crippen MR) is 94.3 cm³/mol. The van der Waals surface area contributed by atoms with Crippen LogP contribution in [0.2, 0.25) is 0 Å². The minimum atomic E-state index is -3.65. The number of halogens is 4. The van der Waals surface area contributed by atoms with E-state index in [4.69, 9.17) is 4.74 Å². The summed E-state index contributed by atoms with van der Waals surface area (Å²) in [6.45, 7) is 7.32. The Kier molecular flexibility index (Phi) is 6.84. The van der Waals surface area contributed by atoms with Crippen LogP contribution in [0.5, 0.6) is 5.88 Å². The minimum absolute atomic E-state index is 0.0102. The second-order valence-electron chi connectivity index (χ2n) is 5.61. The number of nitrogens with zero attached hydrogens (tertiary/aromatic N) is 5. The van der Waals surface area contributed by atoms with Crippen LogP contribution in [0.3, 0.4) is 0 Å². The Balaban J connectivity index is 2.35. The van der Waals surface area contributed by atoms with E-state index in [0.717, 1.165) is 4.57 Å². The van der Waals surface area contributed by atoms with Gasteiger partial charge < -0.3 is 9.47 Å². The molecule has 0 aromatic carbocycles. The van der Waals surface area contributed by atoms with Gasteiger partial charge in [-0.25, -0.2) is 13.8 Å². The molecule has 11 heteroatoms. The summed E-state index contributed by atoms with van der Waals surface area (Å²) in [5, 5.41) is 7.12. The Morgan fingerprint density at radius 1 is 1.36 bits per heavy atom. The molecule has 0 saturated carbocycles. The monoisotopic (exact) mass is 401 g/mol. The molecule has 0 N–H and O–H groups in total. The third-order valence-electron chi connectivity index (χ3n) is 3.57. The zero-order valence-electron chi connectivity index (χ0n) is 15.4. The van der Waals surface area contributed by atoms with E-state index in [-0.39, 0.29) is 24.0 Å². The molecule has 0 spiro atoms. The van der Waals surface area contributed by atoms with Crippen LogP contribution in [0.4, 0.5) is 17.6 Å². The van der Waals surface area contributed by atoms with Gasteiger partial charge in [-0.2, -0.15) is 8.78 Å². The largest absolute Gasteiger partial charge is 0.469 e. The van der Waals surface area contributed by atoms with Gasteiger partial charge in [0.2, 0.25) is 11.7 Å². The van der Waals surface area contributed by atoms with Crippen LogP contribution in [0, 0.1) is 6.92 Å². The van der Waals surface area contributed by atoms with Crippen LogP contribution in [0.1, 0.15) is 31.1 Å². The van der Waals surface area contributed by atoms with Crippen molar-refractivity contribution in [3.05, 3.63) is 35.5 Å². The van der Waals surface area contributed by atoms with E-state index in [0.29, 0.717) is 5.56 Å². The molecule has 7 nitrogen and oxygen atoms in total. The lowest BCUT2D eigenvalue weighted by atomic mass is 10.2. The summed E-state index contributed by atoms with van der Waals surface area (Å²) in [7, 11) is 0. The lowest BCUT2D eigenvalue weighted by Crippen LogP contribution is -2.22. The molecular weight excluding hydrogens is 382 g/mol. The van der Waals surface area contributed by atoms with Crippen LogP contribution < -0.4 is 4.74 Å². The van der Waals surface area contributed by atoms with Crippen LogP contribution in [-0.4, -0.2) is 45.6 Å². The van der Waals surface area contributed by atoms with Crippen molar-refractivity contribution in [3.63, 3.8) is 0 Å². The fraction of sp³-hybridized carbons (Fsp3) is 0.412. The lowest BCUT2D eigenvalue weighted by Gasteiger charge is -2.15. The van der Waals surface area contributed by atoms with E-state index in [2.05, 4.69) is 31.6 Å². The van der Waals surface area contributed by atoms with Gasteiger partial charge in [-0.1, -0.05) is 0 Å². The molecule has 0 aliphatic heterocycles. The smallest absolute Gasteiger partial charge is 0.418 e. The maximum absolute atomic E-state index is 14.1. The normalized spacial score (nSPS) is 13.6. The van der Waals surface area contributed by atoms with Crippen molar-refractivity contribution in [1.82, 2.24) is 19.7 Å². The number of ether oxygens (including phenoxy) is 2. The quantitative estimate of drug-likeness (QED) is 0.473. The average molecular weight is 401 g/mol. The van der Waals surface area contributed by atoms with Gasteiger partial charge in [-0.15, -0.1) is 10.2 Å². The summed E-state index contributed by atoms with van der Waals surface area (Å²) in [5.41, 5.74) is 0.572. The first-order chi connectivity index (χ1) is 13.2. The lowest BCUT2D eigenvalue weighted by molar-refractivity contribution is -0.252. The van der Waals surface area contributed by atoms with Gasteiger partial charge in [-0.05, 0) is 33.6 Å². The topological polar surface area (TPSA) is 74.4 Å². The summed E-state index contributed by atoms with van der Waals surface area (Å²) >= 11 is 0. The first kappa shape index (κ1) is 21.5. The molecule has 0 unspecified atom stereocenters. The van der Waals surface area contributed by atoms with Crippen molar-refractivity contribution >= 4 is 18.6 Å². The van der Waals surface area contributed by atoms with E-state index < -0.39 is 24.5 Å². The van der Waals surface area contributed by atoms with Gasteiger partial charge in [0.15, 0.2) is 6.10 Å². The Morgan fingerprint density at radius 2 is 2.07 bits per heavy atom. The average Bonchev–Trinajstić information content (AvgIpc) is 3.01. The molecule has 0 bridgehead atoms. The van der Waals surface area contributed by atoms with E-state index in [9.17, 15) is 17.6 Å². The molecule has 28 heavy (non-hydrogen) atoms. The van der Waals surface area contributed by atoms with Crippen molar-refractivity contribution in [3.8, 4) is 5.88 Å². The number of alkyl halides is 4. The highest BCUT2D eigenvalue weighted by molar-refractivity contribution is 5.76. The number of rotatable bonds is 9. The third kappa shape index (κ3) is 4.91. The summed E-state index contributed by atoms with van der Waals surface area (Å²) in [6, 6.07) is 2.85.